The third kappa shape index (κ3) is 5.82. The molecule has 0 heterocycles. The van der Waals surface area contributed by atoms with Crippen molar-refractivity contribution in [1.82, 2.24) is 5.32 Å². The minimum atomic E-state index is -0.447. The Bertz CT molecular complexity index is 419. The molecule has 1 amide bonds. The minimum Gasteiger partial charge on any atom is -0.383 e. The number of benzene rings is 1. The Kier molecular flexibility index (Phi) is 6.31. The summed E-state index contributed by atoms with van der Waals surface area (Å²) in [7, 11) is 0. The van der Waals surface area contributed by atoms with Crippen molar-refractivity contribution in [2.45, 2.75) is 6.92 Å². The van der Waals surface area contributed by atoms with Gasteiger partial charge in [-0.2, -0.15) is 0 Å². The number of anilines is 1. The number of carbonyl (C=O) groups is 1. The van der Waals surface area contributed by atoms with E-state index in [1.165, 1.54) is 12.1 Å². The van der Waals surface area contributed by atoms with Crippen LogP contribution < -0.4 is 10.6 Å². The van der Waals surface area contributed by atoms with E-state index in [0.717, 1.165) is 5.69 Å². The van der Waals surface area contributed by atoms with Gasteiger partial charge in [-0.1, -0.05) is 0 Å². The molecule has 0 saturated carbocycles. The number of amides is 1. The summed E-state index contributed by atoms with van der Waals surface area (Å²) in [5, 5.41) is 16.2. The summed E-state index contributed by atoms with van der Waals surface area (Å²) in [6.45, 7) is 3.39. The molecule has 7 nitrogen and oxygen atoms in total. The average Bonchev–Trinajstić information content (AvgIpc) is 2.41. The first-order valence-electron chi connectivity index (χ1n) is 5.96. The highest BCUT2D eigenvalue weighted by atomic mass is 16.6. The zero-order chi connectivity index (χ0) is 14.1. The standard InChI is InChI=1S/C12H17N3O4/c1-2-19-9-12(16)14-8-7-13-10-3-5-11(6-4-10)15(17)18/h3-6,13H,2,7-9H2,1H3,(H,14,16). The van der Waals surface area contributed by atoms with Gasteiger partial charge in [0.15, 0.2) is 0 Å². The van der Waals surface area contributed by atoms with Crippen LogP contribution in [0, 0.1) is 10.1 Å². The third-order valence-corrected chi connectivity index (χ3v) is 2.29. The highest BCUT2D eigenvalue weighted by Crippen LogP contribution is 2.14. The van der Waals surface area contributed by atoms with E-state index in [-0.39, 0.29) is 18.2 Å². The molecule has 0 saturated heterocycles. The van der Waals surface area contributed by atoms with Crippen molar-refractivity contribution >= 4 is 17.3 Å². The lowest BCUT2D eigenvalue weighted by atomic mass is 10.3. The number of hydrogen-bond acceptors (Lipinski definition) is 5. The van der Waals surface area contributed by atoms with Crippen molar-refractivity contribution < 1.29 is 14.5 Å². The number of nitro groups is 1. The van der Waals surface area contributed by atoms with Crippen molar-refractivity contribution in [3.63, 3.8) is 0 Å². The monoisotopic (exact) mass is 267 g/mol. The van der Waals surface area contributed by atoms with Gasteiger partial charge in [-0.3, -0.25) is 14.9 Å². The first kappa shape index (κ1) is 14.9. The maximum Gasteiger partial charge on any atom is 0.269 e. The number of nitro benzene ring substituents is 1. The van der Waals surface area contributed by atoms with Crippen LogP contribution >= 0.6 is 0 Å². The summed E-state index contributed by atoms with van der Waals surface area (Å²) >= 11 is 0. The lowest BCUT2D eigenvalue weighted by molar-refractivity contribution is -0.384. The molecule has 0 fully saturated rings. The molecule has 0 unspecified atom stereocenters. The lowest BCUT2D eigenvalue weighted by Gasteiger charge is -2.07. The maximum absolute atomic E-state index is 11.2. The summed E-state index contributed by atoms with van der Waals surface area (Å²) in [5.41, 5.74) is 0.820. The molecule has 1 rings (SSSR count). The molecule has 0 bridgehead atoms. The number of ether oxygens (including phenoxy) is 1. The third-order valence-electron chi connectivity index (χ3n) is 2.29. The van der Waals surface area contributed by atoms with Gasteiger partial charge in [0.25, 0.3) is 5.69 Å². The summed E-state index contributed by atoms with van der Waals surface area (Å²) in [6.07, 6.45) is 0. The second-order valence-corrected chi connectivity index (χ2v) is 3.72. The molecule has 7 heteroatoms. The summed E-state index contributed by atoms with van der Waals surface area (Å²) < 4.78 is 4.95. The van der Waals surface area contributed by atoms with Crippen LogP contribution in [0.5, 0.6) is 0 Å². The van der Waals surface area contributed by atoms with Gasteiger partial charge in [-0.25, -0.2) is 0 Å². The van der Waals surface area contributed by atoms with Crippen LogP contribution in [0.3, 0.4) is 0 Å². The fourth-order valence-electron chi connectivity index (χ4n) is 1.36. The normalized spacial score (nSPS) is 9.95. The smallest absolute Gasteiger partial charge is 0.269 e. The second-order valence-electron chi connectivity index (χ2n) is 3.72. The van der Waals surface area contributed by atoms with E-state index in [4.69, 9.17) is 4.74 Å². The Labute approximate surface area is 111 Å². The van der Waals surface area contributed by atoms with Crippen LogP contribution in [0.15, 0.2) is 24.3 Å². The molecule has 2 N–H and O–H groups in total. The lowest BCUT2D eigenvalue weighted by Crippen LogP contribution is -2.31. The molecule has 0 atom stereocenters. The first-order valence-corrected chi connectivity index (χ1v) is 5.96. The van der Waals surface area contributed by atoms with Crippen molar-refractivity contribution in [3.8, 4) is 0 Å². The van der Waals surface area contributed by atoms with E-state index in [9.17, 15) is 14.9 Å². The number of nitrogens with zero attached hydrogens (tertiary/aromatic N) is 1. The molecular weight excluding hydrogens is 250 g/mol. The summed E-state index contributed by atoms with van der Waals surface area (Å²) in [4.78, 5) is 21.2. The van der Waals surface area contributed by atoms with Crippen LogP contribution in [0.1, 0.15) is 6.92 Å². The molecule has 0 aromatic heterocycles. The quantitative estimate of drug-likeness (QED) is 0.419. The Balaban J connectivity index is 2.22. The van der Waals surface area contributed by atoms with Gasteiger partial charge in [0, 0.05) is 37.5 Å². The van der Waals surface area contributed by atoms with Gasteiger partial charge in [-0.15, -0.1) is 0 Å². The van der Waals surface area contributed by atoms with Gasteiger partial charge in [0.05, 0.1) is 4.92 Å². The van der Waals surface area contributed by atoms with Crippen LogP contribution in [0.2, 0.25) is 0 Å². The SMILES string of the molecule is CCOCC(=O)NCCNc1ccc([N+](=O)[O-])cc1. The predicted molar refractivity (Wildman–Crippen MR) is 71.1 cm³/mol. The minimum absolute atomic E-state index is 0.0515. The van der Waals surface area contributed by atoms with Crippen LogP contribution in [0.4, 0.5) is 11.4 Å². The van der Waals surface area contributed by atoms with E-state index < -0.39 is 4.92 Å². The molecule has 0 spiro atoms. The van der Waals surface area contributed by atoms with Crippen LogP contribution in [-0.4, -0.2) is 37.1 Å². The number of nitrogens with one attached hydrogen (secondary N) is 2. The van der Waals surface area contributed by atoms with Crippen LogP contribution in [0.25, 0.3) is 0 Å². The number of rotatable bonds is 8. The second kappa shape index (κ2) is 8.04. The zero-order valence-electron chi connectivity index (χ0n) is 10.7. The molecule has 1 aromatic rings. The van der Waals surface area contributed by atoms with Gasteiger partial charge >= 0.3 is 0 Å². The average molecular weight is 267 g/mol. The number of carbonyl (C=O) groups excluding carboxylic acids is 1. The van der Waals surface area contributed by atoms with Crippen molar-refractivity contribution in [3.05, 3.63) is 34.4 Å². The fourth-order valence-corrected chi connectivity index (χ4v) is 1.36. The van der Waals surface area contributed by atoms with E-state index in [1.54, 1.807) is 12.1 Å². The highest BCUT2D eigenvalue weighted by molar-refractivity contribution is 5.77. The molecule has 0 aliphatic rings. The van der Waals surface area contributed by atoms with Gasteiger partial charge in [0.2, 0.25) is 5.91 Å². The van der Waals surface area contributed by atoms with Crippen molar-refractivity contribution in [1.29, 1.82) is 0 Å². The maximum atomic E-state index is 11.2. The van der Waals surface area contributed by atoms with Crippen LogP contribution in [-0.2, 0) is 9.53 Å². The first-order chi connectivity index (χ1) is 9.13. The molecule has 19 heavy (non-hydrogen) atoms. The Morgan fingerprint density at radius 1 is 1.32 bits per heavy atom. The molecule has 0 radical (unpaired) electrons. The van der Waals surface area contributed by atoms with Crippen molar-refractivity contribution in [2.24, 2.45) is 0 Å². The van der Waals surface area contributed by atoms with E-state index in [0.29, 0.717) is 19.7 Å². The topological polar surface area (TPSA) is 93.5 Å². The van der Waals surface area contributed by atoms with Crippen molar-refractivity contribution in [2.75, 3.05) is 31.6 Å². The Hall–Kier alpha value is -2.15. The summed E-state index contributed by atoms with van der Waals surface area (Å²) in [5.74, 6) is -0.160. The largest absolute Gasteiger partial charge is 0.383 e. The molecular formula is C12H17N3O4. The van der Waals surface area contributed by atoms with E-state index >= 15 is 0 Å². The Morgan fingerprint density at radius 3 is 2.58 bits per heavy atom. The summed E-state index contributed by atoms with van der Waals surface area (Å²) in [6, 6.07) is 6.10. The molecule has 1 aromatic carbocycles. The predicted octanol–water partition coefficient (Wildman–Crippen LogP) is 1.16. The van der Waals surface area contributed by atoms with Gasteiger partial charge in [0.1, 0.15) is 6.61 Å². The van der Waals surface area contributed by atoms with E-state index in [2.05, 4.69) is 10.6 Å². The highest BCUT2D eigenvalue weighted by Gasteiger charge is 2.03. The molecule has 104 valence electrons. The molecule has 0 aliphatic carbocycles. The van der Waals surface area contributed by atoms with E-state index in [1.807, 2.05) is 6.92 Å². The van der Waals surface area contributed by atoms with Gasteiger partial charge < -0.3 is 15.4 Å². The fraction of sp³-hybridized carbons (Fsp3) is 0.417. The number of non-ortho nitro benzene ring substituents is 1. The van der Waals surface area contributed by atoms with Gasteiger partial charge in [-0.05, 0) is 19.1 Å². The Morgan fingerprint density at radius 2 is 2.00 bits per heavy atom. The zero-order valence-corrected chi connectivity index (χ0v) is 10.7. The molecule has 0 aliphatic heterocycles. The number of hydrogen-bond donors (Lipinski definition) is 2.